The molecule has 0 radical (unpaired) electrons. The van der Waals surface area contributed by atoms with Gasteiger partial charge in [0, 0.05) is 35.7 Å². The Morgan fingerprint density at radius 3 is 3.00 bits per heavy atom. The molecule has 0 amide bonds. The lowest BCUT2D eigenvalue weighted by Gasteiger charge is -1.90. The zero-order valence-corrected chi connectivity index (χ0v) is 7.17. The molecule has 0 unspecified atom stereocenters. The van der Waals surface area contributed by atoms with Crippen LogP contribution in [0.15, 0.2) is 27.9 Å². The van der Waals surface area contributed by atoms with E-state index in [4.69, 9.17) is 0 Å². The van der Waals surface area contributed by atoms with Gasteiger partial charge in [-0.15, -0.1) is 0 Å². The van der Waals surface area contributed by atoms with Crippen LogP contribution in [0.1, 0.15) is 5.56 Å². The molecule has 2 nitrogen and oxygen atoms in total. The molecule has 0 saturated carbocycles. The average Bonchev–Trinajstić information content (AvgIpc) is 1.88. The van der Waals surface area contributed by atoms with Gasteiger partial charge in [0.25, 0.3) is 0 Å². The number of aromatic nitrogens is 1. The van der Waals surface area contributed by atoms with E-state index in [0.29, 0.717) is 0 Å². The Balaban J connectivity index is 2.95. The lowest BCUT2D eigenvalue weighted by atomic mass is 10.3. The zero-order chi connectivity index (χ0) is 7.40. The van der Waals surface area contributed by atoms with Crippen molar-refractivity contribution in [1.29, 1.82) is 0 Å². The largest absolute Gasteiger partial charge is 0.296 e. The normalized spacial score (nSPS) is 10.6. The fraction of sp³-hybridized carbons (Fsp3) is 0.143. The van der Waals surface area contributed by atoms with Crippen LogP contribution in [-0.4, -0.2) is 18.2 Å². The van der Waals surface area contributed by atoms with E-state index in [0.717, 1.165) is 10.0 Å². The maximum Gasteiger partial charge on any atom is 0.0410 e. The molecule has 52 valence electrons. The monoisotopic (exact) mass is 198 g/mol. The van der Waals surface area contributed by atoms with Gasteiger partial charge in [0.2, 0.25) is 0 Å². The van der Waals surface area contributed by atoms with Crippen LogP contribution in [0.4, 0.5) is 0 Å². The molecule has 0 fully saturated rings. The summed E-state index contributed by atoms with van der Waals surface area (Å²) in [4.78, 5) is 7.83. The molecule has 3 heteroatoms. The maximum atomic E-state index is 3.96. The minimum atomic E-state index is 0.977. The first kappa shape index (κ1) is 7.41. The van der Waals surface area contributed by atoms with E-state index < -0.39 is 0 Å². The first-order chi connectivity index (χ1) is 4.83. The van der Waals surface area contributed by atoms with Crippen molar-refractivity contribution < 1.29 is 0 Å². The van der Waals surface area contributed by atoms with Crippen molar-refractivity contribution in [1.82, 2.24) is 4.98 Å². The third kappa shape index (κ3) is 1.92. The summed E-state index contributed by atoms with van der Waals surface area (Å²) < 4.78 is 0.977. The summed E-state index contributed by atoms with van der Waals surface area (Å²) in [5.74, 6) is 0. The van der Waals surface area contributed by atoms with E-state index in [1.54, 1.807) is 25.7 Å². The van der Waals surface area contributed by atoms with Crippen molar-refractivity contribution in [2.75, 3.05) is 7.05 Å². The van der Waals surface area contributed by atoms with Gasteiger partial charge in [0.1, 0.15) is 0 Å². The Labute approximate surface area is 68.1 Å². The van der Waals surface area contributed by atoms with Crippen LogP contribution in [0.3, 0.4) is 0 Å². The highest BCUT2D eigenvalue weighted by Crippen LogP contribution is 2.07. The molecule has 0 aromatic carbocycles. The predicted octanol–water partition coefficient (Wildman–Crippen LogP) is 1.89. The van der Waals surface area contributed by atoms with Gasteiger partial charge in [0.05, 0.1) is 0 Å². The van der Waals surface area contributed by atoms with Gasteiger partial charge in [-0.05, 0) is 22.0 Å². The topological polar surface area (TPSA) is 25.2 Å². The van der Waals surface area contributed by atoms with Gasteiger partial charge in [-0.3, -0.25) is 9.98 Å². The fourth-order valence-electron chi connectivity index (χ4n) is 0.648. The Hall–Kier alpha value is -0.700. The first-order valence-electron chi connectivity index (χ1n) is 2.85. The maximum absolute atomic E-state index is 3.96. The highest BCUT2D eigenvalue weighted by Gasteiger charge is 1.87. The highest BCUT2D eigenvalue weighted by molar-refractivity contribution is 9.10. The molecule has 0 aliphatic rings. The number of hydrogen-bond acceptors (Lipinski definition) is 2. The van der Waals surface area contributed by atoms with E-state index in [-0.39, 0.29) is 0 Å². The molecule has 0 aliphatic carbocycles. The molecular formula is C7H7BrN2. The molecule has 0 atom stereocenters. The van der Waals surface area contributed by atoms with Crippen LogP contribution < -0.4 is 0 Å². The van der Waals surface area contributed by atoms with Gasteiger partial charge in [-0.2, -0.15) is 0 Å². The summed E-state index contributed by atoms with van der Waals surface area (Å²) in [6.07, 6.45) is 5.27. The van der Waals surface area contributed by atoms with Crippen LogP contribution in [0.2, 0.25) is 0 Å². The lowest BCUT2D eigenvalue weighted by Crippen LogP contribution is -1.81. The molecular weight excluding hydrogens is 192 g/mol. The van der Waals surface area contributed by atoms with E-state index in [2.05, 4.69) is 25.9 Å². The number of halogens is 1. The number of nitrogens with zero attached hydrogens (tertiary/aromatic N) is 2. The number of rotatable bonds is 1. The minimum Gasteiger partial charge on any atom is -0.296 e. The summed E-state index contributed by atoms with van der Waals surface area (Å²) in [6.45, 7) is 0. The van der Waals surface area contributed by atoms with Gasteiger partial charge < -0.3 is 0 Å². The van der Waals surface area contributed by atoms with Crippen molar-refractivity contribution in [2.24, 2.45) is 4.99 Å². The third-order valence-electron chi connectivity index (χ3n) is 1.00. The summed E-state index contributed by atoms with van der Waals surface area (Å²) >= 11 is 3.31. The van der Waals surface area contributed by atoms with Gasteiger partial charge in [-0.1, -0.05) is 0 Å². The smallest absolute Gasteiger partial charge is 0.0410 e. The van der Waals surface area contributed by atoms with Crippen molar-refractivity contribution in [2.45, 2.75) is 0 Å². The quantitative estimate of drug-likeness (QED) is 0.634. The van der Waals surface area contributed by atoms with E-state index in [9.17, 15) is 0 Å². The minimum absolute atomic E-state index is 0.977. The fourth-order valence-corrected chi connectivity index (χ4v) is 1.03. The summed E-state index contributed by atoms with van der Waals surface area (Å²) in [6, 6.07) is 1.96. The molecule has 1 rings (SSSR count). The van der Waals surface area contributed by atoms with E-state index in [1.165, 1.54) is 0 Å². The van der Waals surface area contributed by atoms with Crippen molar-refractivity contribution in [3.63, 3.8) is 0 Å². The van der Waals surface area contributed by atoms with Crippen molar-refractivity contribution in [3.05, 3.63) is 28.5 Å². The molecule has 1 aromatic heterocycles. The standard InChI is InChI=1S/C7H7BrN2/c1-9-3-6-2-7(8)5-10-4-6/h2-5H,1H3. The summed E-state index contributed by atoms with van der Waals surface area (Å²) in [5, 5.41) is 0. The number of pyridine rings is 1. The second kappa shape index (κ2) is 3.46. The van der Waals surface area contributed by atoms with Crippen molar-refractivity contribution >= 4 is 22.1 Å². The van der Waals surface area contributed by atoms with E-state index >= 15 is 0 Å². The summed E-state index contributed by atoms with van der Waals surface area (Å²) in [5.41, 5.74) is 1.01. The molecule has 10 heavy (non-hydrogen) atoms. The lowest BCUT2D eigenvalue weighted by molar-refractivity contribution is 1.30. The first-order valence-corrected chi connectivity index (χ1v) is 3.65. The van der Waals surface area contributed by atoms with Crippen LogP contribution in [0.5, 0.6) is 0 Å². The Morgan fingerprint density at radius 1 is 1.60 bits per heavy atom. The van der Waals surface area contributed by atoms with Crippen LogP contribution >= 0.6 is 15.9 Å². The molecule has 1 aromatic rings. The molecule has 0 bridgehead atoms. The van der Waals surface area contributed by atoms with Crippen LogP contribution in [0.25, 0.3) is 0 Å². The predicted molar refractivity (Wildman–Crippen MR) is 45.5 cm³/mol. The molecule has 0 spiro atoms. The molecule has 0 N–H and O–H groups in total. The zero-order valence-electron chi connectivity index (χ0n) is 5.58. The summed E-state index contributed by atoms with van der Waals surface area (Å²) in [7, 11) is 1.74. The van der Waals surface area contributed by atoms with Gasteiger partial charge in [-0.25, -0.2) is 0 Å². The number of hydrogen-bond donors (Lipinski definition) is 0. The SMILES string of the molecule is CN=Cc1cncc(Br)c1. The highest BCUT2D eigenvalue weighted by atomic mass is 79.9. The van der Waals surface area contributed by atoms with Gasteiger partial charge >= 0.3 is 0 Å². The Kier molecular flexibility index (Phi) is 2.57. The Bertz CT molecular complexity index is 245. The van der Waals surface area contributed by atoms with Gasteiger partial charge in [0.15, 0.2) is 0 Å². The van der Waals surface area contributed by atoms with Crippen molar-refractivity contribution in [3.8, 4) is 0 Å². The second-order valence-electron chi connectivity index (χ2n) is 1.82. The molecule has 0 aliphatic heterocycles. The number of aliphatic imine (C=N–C) groups is 1. The molecule has 0 saturated heterocycles. The molecule has 1 heterocycles. The van der Waals surface area contributed by atoms with Crippen LogP contribution in [0, 0.1) is 0 Å². The third-order valence-corrected chi connectivity index (χ3v) is 1.44. The Morgan fingerprint density at radius 2 is 2.40 bits per heavy atom. The average molecular weight is 199 g/mol. The van der Waals surface area contributed by atoms with E-state index in [1.807, 2.05) is 6.07 Å². The van der Waals surface area contributed by atoms with Crippen LogP contribution in [-0.2, 0) is 0 Å². The second-order valence-corrected chi connectivity index (χ2v) is 2.74.